The Morgan fingerprint density at radius 1 is 1.44 bits per heavy atom. The molecule has 88 valence electrons. The number of aromatic amines is 1. The maximum atomic E-state index is 12.0. The molecule has 2 rings (SSSR count). The Bertz CT molecular complexity index is 366. The van der Waals surface area contributed by atoms with Gasteiger partial charge in [0.1, 0.15) is 5.69 Å². The van der Waals surface area contributed by atoms with Gasteiger partial charge >= 0.3 is 0 Å². The Morgan fingerprint density at radius 3 is 2.62 bits per heavy atom. The van der Waals surface area contributed by atoms with Crippen molar-refractivity contribution in [1.29, 1.82) is 0 Å². The van der Waals surface area contributed by atoms with Crippen LogP contribution < -0.4 is 0 Å². The smallest absolute Gasteiger partial charge is 0.274 e. The molecular formula is C11H18N4O. The summed E-state index contributed by atoms with van der Waals surface area (Å²) in [5, 5.41) is 6.80. The minimum atomic E-state index is 0.0418. The van der Waals surface area contributed by atoms with E-state index >= 15 is 0 Å². The number of piperazine rings is 1. The molecule has 5 heteroatoms. The number of aryl methyl sites for hydroxylation is 1. The summed E-state index contributed by atoms with van der Waals surface area (Å²) in [6.07, 6.45) is 0. The number of hydrogen-bond donors (Lipinski definition) is 1. The Balaban J connectivity index is 1.96. The zero-order valence-corrected chi connectivity index (χ0v) is 9.86. The van der Waals surface area contributed by atoms with E-state index in [1.54, 1.807) is 6.07 Å². The maximum Gasteiger partial charge on any atom is 0.274 e. The molecule has 1 N–H and O–H groups in total. The van der Waals surface area contributed by atoms with Crippen molar-refractivity contribution < 1.29 is 4.79 Å². The van der Waals surface area contributed by atoms with Crippen molar-refractivity contribution in [2.45, 2.75) is 13.8 Å². The van der Waals surface area contributed by atoms with Crippen LogP contribution in [0.3, 0.4) is 0 Å². The number of H-pyrrole nitrogens is 1. The monoisotopic (exact) mass is 222 g/mol. The summed E-state index contributed by atoms with van der Waals surface area (Å²) in [6, 6.07) is 1.80. The molecule has 16 heavy (non-hydrogen) atoms. The molecule has 0 radical (unpaired) electrons. The van der Waals surface area contributed by atoms with Crippen molar-refractivity contribution in [3.8, 4) is 0 Å². The number of amides is 1. The number of hydrogen-bond acceptors (Lipinski definition) is 3. The van der Waals surface area contributed by atoms with E-state index in [4.69, 9.17) is 0 Å². The molecule has 5 nitrogen and oxygen atoms in total. The number of nitrogens with one attached hydrogen (secondary N) is 1. The second-order valence-corrected chi connectivity index (χ2v) is 4.16. The van der Waals surface area contributed by atoms with Crippen molar-refractivity contribution in [1.82, 2.24) is 20.0 Å². The summed E-state index contributed by atoms with van der Waals surface area (Å²) in [6.45, 7) is 8.64. The fraction of sp³-hybridized carbons (Fsp3) is 0.636. The summed E-state index contributed by atoms with van der Waals surface area (Å²) in [7, 11) is 0. The van der Waals surface area contributed by atoms with Crippen LogP contribution in [-0.4, -0.2) is 58.6 Å². The third-order valence-electron chi connectivity index (χ3n) is 3.03. The van der Waals surface area contributed by atoms with Gasteiger partial charge in [-0.2, -0.15) is 5.10 Å². The highest BCUT2D eigenvalue weighted by Crippen LogP contribution is 2.07. The summed E-state index contributed by atoms with van der Waals surface area (Å²) < 4.78 is 0. The van der Waals surface area contributed by atoms with Crippen LogP contribution in [0.5, 0.6) is 0 Å². The molecular weight excluding hydrogens is 204 g/mol. The molecule has 0 unspecified atom stereocenters. The standard InChI is InChI=1S/C11H18N4O/c1-3-14-4-6-15(7-5-14)11(16)10-8-9(2)12-13-10/h8H,3-7H2,1-2H3,(H,12,13). The lowest BCUT2D eigenvalue weighted by Gasteiger charge is -2.33. The number of rotatable bonds is 2. The minimum absolute atomic E-state index is 0.0418. The predicted octanol–water partition coefficient (Wildman–Crippen LogP) is 0.496. The number of aromatic nitrogens is 2. The van der Waals surface area contributed by atoms with Gasteiger partial charge in [0, 0.05) is 31.9 Å². The minimum Gasteiger partial charge on any atom is -0.335 e. The first-order valence-corrected chi connectivity index (χ1v) is 5.74. The van der Waals surface area contributed by atoms with Gasteiger partial charge in [0.25, 0.3) is 5.91 Å². The average Bonchev–Trinajstić information content (AvgIpc) is 2.75. The third-order valence-corrected chi connectivity index (χ3v) is 3.03. The summed E-state index contributed by atoms with van der Waals surface area (Å²) >= 11 is 0. The lowest BCUT2D eigenvalue weighted by Crippen LogP contribution is -2.48. The van der Waals surface area contributed by atoms with Crippen molar-refractivity contribution in [3.63, 3.8) is 0 Å². The highest BCUT2D eigenvalue weighted by molar-refractivity contribution is 5.92. The molecule has 0 atom stereocenters. The van der Waals surface area contributed by atoms with E-state index < -0.39 is 0 Å². The molecule has 1 aliphatic heterocycles. The molecule has 1 aromatic heterocycles. The van der Waals surface area contributed by atoms with Crippen LogP contribution in [0.15, 0.2) is 6.07 Å². The van der Waals surface area contributed by atoms with Crippen LogP contribution in [0.1, 0.15) is 23.1 Å². The van der Waals surface area contributed by atoms with Crippen LogP contribution >= 0.6 is 0 Å². The molecule has 0 bridgehead atoms. The number of carbonyl (C=O) groups excluding carboxylic acids is 1. The molecule has 0 saturated carbocycles. The molecule has 0 spiro atoms. The van der Waals surface area contributed by atoms with E-state index in [1.165, 1.54) is 0 Å². The first-order valence-electron chi connectivity index (χ1n) is 5.74. The van der Waals surface area contributed by atoms with Gasteiger partial charge in [0.2, 0.25) is 0 Å². The lowest BCUT2D eigenvalue weighted by molar-refractivity contribution is 0.0637. The SMILES string of the molecule is CCN1CCN(C(=O)c2cc(C)[nH]n2)CC1. The number of likely N-dealkylation sites (N-methyl/N-ethyl adjacent to an activating group) is 1. The van der Waals surface area contributed by atoms with Crippen molar-refractivity contribution in [2.24, 2.45) is 0 Å². The Morgan fingerprint density at radius 2 is 2.12 bits per heavy atom. The highest BCUT2D eigenvalue weighted by Gasteiger charge is 2.22. The van der Waals surface area contributed by atoms with Gasteiger partial charge in [-0.25, -0.2) is 0 Å². The van der Waals surface area contributed by atoms with Crippen molar-refractivity contribution in [2.75, 3.05) is 32.7 Å². The molecule has 1 aliphatic rings. The largest absolute Gasteiger partial charge is 0.335 e. The Kier molecular flexibility index (Phi) is 3.24. The van der Waals surface area contributed by atoms with E-state index in [-0.39, 0.29) is 5.91 Å². The fourth-order valence-electron chi connectivity index (χ4n) is 1.96. The molecule has 1 amide bonds. The molecule has 1 aromatic rings. The van der Waals surface area contributed by atoms with Crippen molar-refractivity contribution in [3.05, 3.63) is 17.5 Å². The second-order valence-electron chi connectivity index (χ2n) is 4.16. The van der Waals surface area contributed by atoms with E-state index in [9.17, 15) is 4.79 Å². The zero-order chi connectivity index (χ0) is 11.5. The molecule has 2 heterocycles. The Labute approximate surface area is 95.4 Å². The summed E-state index contributed by atoms with van der Waals surface area (Å²) in [5.74, 6) is 0.0418. The van der Waals surface area contributed by atoms with Gasteiger partial charge in [-0.3, -0.25) is 9.89 Å². The second kappa shape index (κ2) is 4.65. The predicted molar refractivity (Wildman–Crippen MR) is 61.3 cm³/mol. The number of nitrogens with zero attached hydrogens (tertiary/aromatic N) is 3. The van der Waals surface area contributed by atoms with Crippen LogP contribution in [0.2, 0.25) is 0 Å². The van der Waals surface area contributed by atoms with Gasteiger partial charge in [-0.15, -0.1) is 0 Å². The Hall–Kier alpha value is -1.36. The highest BCUT2D eigenvalue weighted by atomic mass is 16.2. The summed E-state index contributed by atoms with van der Waals surface area (Å²) in [5.41, 5.74) is 1.46. The van der Waals surface area contributed by atoms with Crippen LogP contribution in [0.4, 0.5) is 0 Å². The normalized spacial score (nSPS) is 17.8. The van der Waals surface area contributed by atoms with Crippen LogP contribution in [-0.2, 0) is 0 Å². The zero-order valence-electron chi connectivity index (χ0n) is 9.86. The van der Waals surface area contributed by atoms with E-state index in [0.29, 0.717) is 5.69 Å². The van der Waals surface area contributed by atoms with E-state index in [1.807, 2.05) is 11.8 Å². The van der Waals surface area contributed by atoms with Gasteiger partial charge in [0.05, 0.1) is 0 Å². The quantitative estimate of drug-likeness (QED) is 0.792. The number of carbonyl (C=O) groups is 1. The average molecular weight is 222 g/mol. The van der Waals surface area contributed by atoms with Gasteiger partial charge in [0.15, 0.2) is 0 Å². The molecule has 1 fully saturated rings. The lowest BCUT2D eigenvalue weighted by atomic mass is 10.2. The first-order chi connectivity index (χ1) is 7.70. The van der Waals surface area contributed by atoms with Gasteiger partial charge in [-0.05, 0) is 19.5 Å². The third kappa shape index (κ3) is 2.24. The molecule has 1 saturated heterocycles. The van der Waals surface area contributed by atoms with E-state index in [2.05, 4.69) is 22.0 Å². The molecule has 0 aromatic carbocycles. The van der Waals surface area contributed by atoms with Crippen LogP contribution in [0.25, 0.3) is 0 Å². The fourth-order valence-corrected chi connectivity index (χ4v) is 1.96. The topological polar surface area (TPSA) is 52.2 Å². The van der Waals surface area contributed by atoms with E-state index in [0.717, 1.165) is 38.4 Å². The van der Waals surface area contributed by atoms with Gasteiger partial charge in [-0.1, -0.05) is 6.92 Å². The van der Waals surface area contributed by atoms with Gasteiger partial charge < -0.3 is 9.80 Å². The first kappa shape index (κ1) is 11.1. The summed E-state index contributed by atoms with van der Waals surface area (Å²) in [4.78, 5) is 16.3. The molecule has 0 aliphatic carbocycles. The maximum absolute atomic E-state index is 12.0. The van der Waals surface area contributed by atoms with Crippen LogP contribution in [0, 0.1) is 6.92 Å². The van der Waals surface area contributed by atoms with Crippen molar-refractivity contribution >= 4 is 5.91 Å².